The smallest absolute Gasteiger partial charge is 0.330 e. The Labute approximate surface area is 218 Å². The first-order valence-electron chi connectivity index (χ1n) is 13.0. The van der Waals surface area contributed by atoms with Crippen LogP contribution >= 0.6 is 0 Å². The number of ether oxygens (including phenoxy) is 2. The summed E-state index contributed by atoms with van der Waals surface area (Å²) in [6.45, 7) is 4.52. The fourth-order valence-electron chi connectivity index (χ4n) is 5.37. The van der Waals surface area contributed by atoms with E-state index in [9.17, 15) is 4.79 Å². The van der Waals surface area contributed by atoms with Crippen molar-refractivity contribution in [3.05, 3.63) is 107 Å². The molecule has 5 heteroatoms. The Morgan fingerprint density at radius 1 is 1.11 bits per heavy atom. The van der Waals surface area contributed by atoms with Crippen LogP contribution in [0.3, 0.4) is 0 Å². The summed E-state index contributed by atoms with van der Waals surface area (Å²) < 4.78 is 10.4. The van der Waals surface area contributed by atoms with Gasteiger partial charge in [-0.1, -0.05) is 48.5 Å². The second-order valence-corrected chi connectivity index (χ2v) is 9.53. The van der Waals surface area contributed by atoms with Gasteiger partial charge in [0.25, 0.3) is 0 Å². The van der Waals surface area contributed by atoms with E-state index in [1.807, 2.05) is 13.0 Å². The number of esters is 1. The molecule has 0 bridgehead atoms. The Morgan fingerprint density at radius 2 is 1.95 bits per heavy atom. The molecule has 5 nitrogen and oxygen atoms in total. The molecular weight excluding hydrogens is 460 g/mol. The Balaban J connectivity index is 1.38. The number of H-pyrrole nitrogens is 1. The zero-order valence-corrected chi connectivity index (χ0v) is 21.6. The Morgan fingerprint density at radius 3 is 2.76 bits per heavy atom. The molecule has 1 unspecified atom stereocenters. The lowest BCUT2D eigenvalue weighted by Gasteiger charge is -2.30. The number of benzene rings is 3. The minimum atomic E-state index is -0.336. The van der Waals surface area contributed by atoms with Gasteiger partial charge in [0.05, 0.1) is 13.7 Å². The number of nitrogens with zero attached hydrogens (tertiary/aromatic N) is 1. The summed E-state index contributed by atoms with van der Waals surface area (Å²) in [4.78, 5) is 17.6. The molecule has 1 aliphatic rings. The van der Waals surface area contributed by atoms with Gasteiger partial charge >= 0.3 is 5.97 Å². The van der Waals surface area contributed by atoms with Gasteiger partial charge in [-0.05, 0) is 78.3 Å². The van der Waals surface area contributed by atoms with Crippen molar-refractivity contribution in [1.82, 2.24) is 9.88 Å². The molecule has 1 heterocycles. The fraction of sp³-hybridized carbons (Fsp3) is 0.281. The Hall–Kier alpha value is -3.83. The van der Waals surface area contributed by atoms with Crippen LogP contribution in [0, 0.1) is 0 Å². The van der Waals surface area contributed by atoms with Crippen molar-refractivity contribution in [3.8, 4) is 5.75 Å². The first-order chi connectivity index (χ1) is 18.1. The zero-order chi connectivity index (χ0) is 25.6. The van der Waals surface area contributed by atoms with Gasteiger partial charge in [-0.2, -0.15) is 0 Å². The highest BCUT2D eigenvalue weighted by molar-refractivity contribution is 5.87. The summed E-state index contributed by atoms with van der Waals surface area (Å²) in [5, 5.41) is 1.30. The number of aromatic nitrogens is 1. The molecule has 5 rings (SSSR count). The molecule has 0 spiro atoms. The van der Waals surface area contributed by atoms with Crippen LogP contribution in [0.5, 0.6) is 5.75 Å². The van der Waals surface area contributed by atoms with Crippen LogP contribution in [0.25, 0.3) is 17.0 Å². The number of aromatic amines is 1. The SMILES string of the molecule is CCOc1ccc(CN(CCc2c[nH]c3ccccc23)C2CCc3cc(/C=C/C(=O)OC)ccc32)cc1. The first-order valence-corrected chi connectivity index (χ1v) is 13.0. The second kappa shape index (κ2) is 11.5. The number of hydrogen-bond acceptors (Lipinski definition) is 4. The van der Waals surface area contributed by atoms with Gasteiger partial charge < -0.3 is 14.5 Å². The number of nitrogens with one attached hydrogen (secondary N) is 1. The minimum absolute atomic E-state index is 0.336. The van der Waals surface area contributed by atoms with Crippen LogP contribution in [0.1, 0.15) is 47.2 Å². The van der Waals surface area contributed by atoms with Crippen LogP contribution in [-0.2, 0) is 28.9 Å². The number of hydrogen-bond donors (Lipinski definition) is 1. The highest BCUT2D eigenvalue weighted by Crippen LogP contribution is 2.37. The number of rotatable bonds is 10. The number of carbonyl (C=O) groups excluding carboxylic acids is 1. The van der Waals surface area contributed by atoms with E-state index in [1.54, 1.807) is 0 Å². The van der Waals surface area contributed by atoms with E-state index in [2.05, 4.69) is 82.8 Å². The number of fused-ring (bicyclic) bond motifs is 2. The third-order valence-electron chi connectivity index (χ3n) is 7.23. The van der Waals surface area contributed by atoms with Crippen molar-refractivity contribution >= 4 is 22.9 Å². The number of methoxy groups -OCH3 is 1. The molecule has 190 valence electrons. The summed E-state index contributed by atoms with van der Waals surface area (Å²) in [6.07, 6.45) is 8.56. The number of carbonyl (C=O) groups is 1. The van der Waals surface area contributed by atoms with E-state index in [0.717, 1.165) is 43.7 Å². The maximum Gasteiger partial charge on any atom is 0.330 e. The van der Waals surface area contributed by atoms with Crippen LogP contribution in [0.15, 0.2) is 79.0 Å². The van der Waals surface area contributed by atoms with Gasteiger partial charge in [-0.3, -0.25) is 4.90 Å². The van der Waals surface area contributed by atoms with E-state index in [-0.39, 0.29) is 5.97 Å². The average molecular weight is 495 g/mol. The van der Waals surface area contributed by atoms with Crippen molar-refractivity contribution in [3.63, 3.8) is 0 Å². The molecule has 0 fully saturated rings. The summed E-state index contributed by atoms with van der Waals surface area (Å²) in [6, 6.07) is 23.9. The number of para-hydroxylation sites is 1. The third kappa shape index (κ3) is 5.78. The standard InChI is InChI=1S/C32H34N2O3/c1-3-37-27-13-8-24(9-14-27)22-34(19-18-26-21-33-30-7-5-4-6-28(26)30)31-16-12-25-20-23(10-15-29(25)31)11-17-32(35)36-2/h4-11,13-15,17,20-21,31,33H,3,12,16,18-19,22H2,1-2H3/b17-11+. The average Bonchev–Trinajstić information content (AvgIpc) is 3.55. The quantitative estimate of drug-likeness (QED) is 0.202. The van der Waals surface area contributed by atoms with E-state index < -0.39 is 0 Å². The van der Waals surface area contributed by atoms with Gasteiger partial charge in [0.1, 0.15) is 5.75 Å². The maximum absolute atomic E-state index is 11.5. The highest BCUT2D eigenvalue weighted by Gasteiger charge is 2.28. The van der Waals surface area contributed by atoms with Gasteiger partial charge in [0.2, 0.25) is 0 Å². The van der Waals surface area contributed by atoms with Crippen molar-refractivity contribution in [2.24, 2.45) is 0 Å². The first kappa shape index (κ1) is 24.8. The minimum Gasteiger partial charge on any atom is -0.494 e. The predicted octanol–water partition coefficient (Wildman–Crippen LogP) is 6.49. The molecule has 1 atom stereocenters. The molecule has 1 N–H and O–H groups in total. The van der Waals surface area contributed by atoms with Crippen LogP contribution in [0.2, 0.25) is 0 Å². The topological polar surface area (TPSA) is 54.6 Å². The highest BCUT2D eigenvalue weighted by atomic mass is 16.5. The predicted molar refractivity (Wildman–Crippen MR) is 149 cm³/mol. The molecule has 4 aromatic rings. The molecule has 0 radical (unpaired) electrons. The van der Waals surface area contributed by atoms with Gasteiger partial charge in [0, 0.05) is 42.3 Å². The molecule has 0 amide bonds. The lowest BCUT2D eigenvalue weighted by atomic mass is 10.0. The summed E-state index contributed by atoms with van der Waals surface area (Å²) in [7, 11) is 1.40. The summed E-state index contributed by atoms with van der Waals surface area (Å²) in [5.74, 6) is 0.576. The van der Waals surface area contributed by atoms with Crippen molar-refractivity contribution in [2.75, 3.05) is 20.3 Å². The largest absolute Gasteiger partial charge is 0.494 e. The molecule has 1 aromatic heterocycles. The molecular formula is C32H34N2O3. The lowest BCUT2D eigenvalue weighted by Crippen LogP contribution is -2.29. The summed E-state index contributed by atoms with van der Waals surface area (Å²) in [5.41, 5.74) is 7.61. The molecule has 0 saturated heterocycles. The van der Waals surface area contributed by atoms with Crippen LogP contribution in [-0.4, -0.2) is 36.1 Å². The number of aryl methyl sites for hydroxylation is 1. The third-order valence-corrected chi connectivity index (χ3v) is 7.23. The lowest BCUT2D eigenvalue weighted by molar-refractivity contribution is -0.134. The van der Waals surface area contributed by atoms with Crippen molar-refractivity contribution in [1.29, 1.82) is 0 Å². The van der Waals surface area contributed by atoms with Crippen LogP contribution < -0.4 is 4.74 Å². The molecule has 3 aromatic carbocycles. The van der Waals surface area contributed by atoms with Gasteiger partial charge in [0.15, 0.2) is 0 Å². The molecule has 0 saturated carbocycles. The van der Waals surface area contributed by atoms with Crippen molar-refractivity contribution in [2.45, 2.75) is 38.8 Å². The van der Waals surface area contributed by atoms with E-state index >= 15 is 0 Å². The fourth-order valence-corrected chi connectivity index (χ4v) is 5.37. The van der Waals surface area contributed by atoms with E-state index in [1.165, 1.54) is 46.3 Å². The van der Waals surface area contributed by atoms with E-state index in [0.29, 0.717) is 12.6 Å². The van der Waals surface area contributed by atoms with Crippen LogP contribution in [0.4, 0.5) is 0 Å². The second-order valence-electron chi connectivity index (χ2n) is 9.53. The summed E-state index contributed by atoms with van der Waals surface area (Å²) >= 11 is 0. The monoisotopic (exact) mass is 494 g/mol. The molecule has 37 heavy (non-hydrogen) atoms. The molecule has 0 aliphatic heterocycles. The van der Waals surface area contributed by atoms with Gasteiger partial charge in [-0.25, -0.2) is 4.79 Å². The normalized spacial score (nSPS) is 14.9. The van der Waals surface area contributed by atoms with Gasteiger partial charge in [-0.15, -0.1) is 0 Å². The maximum atomic E-state index is 11.5. The Kier molecular flexibility index (Phi) is 7.71. The van der Waals surface area contributed by atoms with Crippen molar-refractivity contribution < 1.29 is 14.3 Å². The zero-order valence-electron chi connectivity index (χ0n) is 21.6. The Bertz CT molecular complexity index is 1390. The van der Waals surface area contributed by atoms with E-state index in [4.69, 9.17) is 9.47 Å². The molecule has 1 aliphatic carbocycles.